The minimum absolute atomic E-state index is 0.126. The smallest absolute Gasteiger partial charge is 0.269 e. The molecule has 0 saturated carbocycles. The topological polar surface area (TPSA) is 51.2 Å². The lowest BCUT2D eigenvalue weighted by atomic mass is 10.2. The van der Waals surface area contributed by atoms with Crippen LogP contribution in [-0.4, -0.2) is 30.1 Å². The summed E-state index contributed by atoms with van der Waals surface area (Å²) in [5, 5.41) is 2.84. The molecule has 4 heteroatoms. The van der Waals surface area contributed by atoms with Gasteiger partial charge in [-0.1, -0.05) is 0 Å². The Morgan fingerprint density at radius 1 is 1.69 bits per heavy atom. The third-order valence-corrected chi connectivity index (χ3v) is 2.66. The summed E-state index contributed by atoms with van der Waals surface area (Å²) in [6, 6.07) is 3.65. The van der Waals surface area contributed by atoms with Gasteiger partial charge in [0.2, 0.25) is 0 Å². The van der Waals surface area contributed by atoms with Gasteiger partial charge in [0, 0.05) is 19.3 Å². The Bertz CT molecular complexity index is 373. The number of aryl methyl sites for hydroxylation is 1. The zero-order valence-electron chi connectivity index (χ0n) is 9.40. The number of hydrogen-bond acceptors (Lipinski definition) is 3. The van der Waals surface area contributed by atoms with Crippen LogP contribution in [0.1, 0.15) is 28.9 Å². The first kappa shape index (κ1) is 11.1. The van der Waals surface area contributed by atoms with Gasteiger partial charge in [-0.15, -0.1) is 0 Å². The molecule has 1 aliphatic heterocycles. The summed E-state index contributed by atoms with van der Waals surface area (Å²) in [5.74, 6) is -0.126. The molecule has 0 aliphatic carbocycles. The molecule has 1 saturated heterocycles. The molecule has 1 atom stereocenters. The summed E-state index contributed by atoms with van der Waals surface area (Å²) in [6.07, 6.45) is 3.94. The molecule has 1 aliphatic rings. The van der Waals surface area contributed by atoms with Gasteiger partial charge < -0.3 is 10.1 Å². The fourth-order valence-electron chi connectivity index (χ4n) is 1.76. The van der Waals surface area contributed by atoms with E-state index in [1.165, 1.54) is 0 Å². The highest BCUT2D eigenvalue weighted by Gasteiger charge is 2.16. The summed E-state index contributed by atoms with van der Waals surface area (Å²) in [7, 11) is 0. The van der Waals surface area contributed by atoms with E-state index >= 15 is 0 Å². The molecular weight excluding hydrogens is 204 g/mol. The molecule has 4 nitrogen and oxygen atoms in total. The second kappa shape index (κ2) is 5.07. The summed E-state index contributed by atoms with van der Waals surface area (Å²) in [6.45, 7) is 3.33. The fourth-order valence-corrected chi connectivity index (χ4v) is 1.76. The van der Waals surface area contributed by atoms with E-state index in [1.54, 1.807) is 12.3 Å². The molecular formula is C12H16N2O2. The lowest BCUT2D eigenvalue weighted by molar-refractivity contribution is 0.0853. The van der Waals surface area contributed by atoms with E-state index < -0.39 is 0 Å². The summed E-state index contributed by atoms with van der Waals surface area (Å²) >= 11 is 0. The average molecular weight is 220 g/mol. The van der Waals surface area contributed by atoms with Crippen molar-refractivity contribution in [2.75, 3.05) is 13.2 Å². The molecule has 0 bridgehead atoms. The van der Waals surface area contributed by atoms with E-state index in [4.69, 9.17) is 4.74 Å². The van der Waals surface area contributed by atoms with E-state index in [0.717, 1.165) is 25.0 Å². The van der Waals surface area contributed by atoms with Crippen molar-refractivity contribution in [3.8, 4) is 0 Å². The van der Waals surface area contributed by atoms with Crippen molar-refractivity contribution >= 4 is 5.91 Å². The van der Waals surface area contributed by atoms with Crippen molar-refractivity contribution in [2.45, 2.75) is 25.9 Å². The highest BCUT2D eigenvalue weighted by molar-refractivity contribution is 5.92. The van der Waals surface area contributed by atoms with Crippen molar-refractivity contribution < 1.29 is 9.53 Å². The maximum atomic E-state index is 11.7. The first-order chi connectivity index (χ1) is 7.75. The number of nitrogens with zero attached hydrogens (tertiary/aromatic N) is 1. The Kier molecular flexibility index (Phi) is 3.51. The third-order valence-electron chi connectivity index (χ3n) is 2.66. The van der Waals surface area contributed by atoms with Crippen LogP contribution in [0, 0.1) is 6.92 Å². The molecule has 86 valence electrons. The minimum Gasteiger partial charge on any atom is -0.376 e. The van der Waals surface area contributed by atoms with Crippen molar-refractivity contribution in [2.24, 2.45) is 0 Å². The Balaban J connectivity index is 1.87. The molecule has 1 fully saturated rings. The van der Waals surface area contributed by atoms with E-state index in [1.807, 2.05) is 13.0 Å². The van der Waals surface area contributed by atoms with E-state index in [2.05, 4.69) is 10.3 Å². The summed E-state index contributed by atoms with van der Waals surface area (Å²) in [5.41, 5.74) is 1.51. The van der Waals surface area contributed by atoms with Gasteiger partial charge in [-0.25, -0.2) is 0 Å². The molecule has 16 heavy (non-hydrogen) atoms. The SMILES string of the molecule is Cc1ccnc(C(=O)NCC2CCCO2)c1. The number of hydrogen-bond donors (Lipinski definition) is 1. The number of nitrogens with one attached hydrogen (secondary N) is 1. The highest BCUT2D eigenvalue weighted by atomic mass is 16.5. The lowest BCUT2D eigenvalue weighted by Gasteiger charge is -2.10. The maximum absolute atomic E-state index is 11.7. The van der Waals surface area contributed by atoms with Crippen LogP contribution in [0.5, 0.6) is 0 Å². The van der Waals surface area contributed by atoms with Gasteiger partial charge in [0.1, 0.15) is 5.69 Å². The quantitative estimate of drug-likeness (QED) is 0.835. The van der Waals surface area contributed by atoms with Gasteiger partial charge in [0.15, 0.2) is 0 Å². The Hall–Kier alpha value is -1.42. The molecule has 2 heterocycles. The van der Waals surface area contributed by atoms with E-state index in [-0.39, 0.29) is 12.0 Å². The molecule has 1 aromatic rings. The summed E-state index contributed by atoms with van der Waals surface area (Å²) in [4.78, 5) is 15.8. The second-order valence-corrected chi connectivity index (χ2v) is 4.06. The monoisotopic (exact) mass is 220 g/mol. The third kappa shape index (κ3) is 2.79. The number of aromatic nitrogens is 1. The van der Waals surface area contributed by atoms with Crippen LogP contribution >= 0.6 is 0 Å². The minimum atomic E-state index is -0.126. The first-order valence-electron chi connectivity index (χ1n) is 5.58. The van der Waals surface area contributed by atoms with Gasteiger partial charge in [0.25, 0.3) is 5.91 Å². The fraction of sp³-hybridized carbons (Fsp3) is 0.500. The van der Waals surface area contributed by atoms with E-state index in [0.29, 0.717) is 12.2 Å². The second-order valence-electron chi connectivity index (χ2n) is 4.06. The first-order valence-corrected chi connectivity index (χ1v) is 5.58. The molecule has 1 amide bonds. The van der Waals surface area contributed by atoms with Crippen LogP contribution in [0.15, 0.2) is 18.3 Å². The zero-order valence-corrected chi connectivity index (χ0v) is 9.40. The Morgan fingerprint density at radius 2 is 2.56 bits per heavy atom. The normalized spacial score (nSPS) is 19.7. The predicted octanol–water partition coefficient (Wildman–Crippen LogP) is 1.30. The average Bonchev–Trinajstić information content (AvgIpc) is 2.78. The Morgan fingerprint density at radius 3 is 3.25 bits per heavy atom. The zero-order chi connectivity index (χ0) is 11.4. The number of ether oxygens (including phenoxy) is 1. The van der Waals surface area contributed by atoms with Crippen LogP contribution < -0.4 is 5.32 Å². The largest absolute Gasteiger partial charge is 0.376 e. The highest BCUT2D eigenvalue weighted by Crippen LogP contribution is 2.10. The van der Waals surface area contributed by atoms with Gasteiger partial charge in [-0.2, -0.15) is 0 Å². The lowest BCUT2D eigenvalue weighted by Crippen LogP contribution is -2.32. The molecule has 0 radical (unpaired) electrons. The predicted molar refractivity (Wildman–Crippen MR) is 60.3 cm³/mol. The van der Waals surface area contributed by atoms with Gasteiger partial charge >= 0.3 is 0 Å². The molecule has 1 aromatic heterocycles. The van der Waals surface area contributed by atoms with Crippen LogP contribution in [0.4, 0.5) is 0 Å². The van der Waals surface area contributed by atoms with Crippen LogP contribution in [-0.2, 0) is 4.74 Å². The summed E-state index contributed by atoms with van der Waals surface area (Å²) < 4.78 is 5.43. The molecule has 0 spiro atoms. The number of carbonyl (C=O) groups excluding carboxylic acids is 1. The number of amides is 1. The molecule has 1 N–H and O–H groups in total. The Labute approximate surface area is 95.0 Å². The van der Waals surface area contributed by atoms with Crippen molar-refractivity contribution in [1.29, 1.82) is 0 Å². The van der Waals surface area contributed by atoms with Crippen LogP contribution in [0.2, 0.25) is 0 Å². The van der Waals surface area contributed by atoms with Crippen molar-refractivity contribution in [3.63, 3.8) is 0 Å². The number of pyridine rings is 1. The molecule has 2 rings (SSSR count). The van der Waals surface area contributed by atoms with Gasteiger partial charge in [0.05, 0.1) is 6.10 Å². The molecule has 1 unspecified atom stereocenters. The number of carbonyl (C=O) groups is 1. The van der Waals surface area contributed by atoms with Crippen LogP contribution in [0.3, 0.4) is 0 Å². The van der Waals surface area contributed by atoms with Gasteiger partial charge in [-0.05, 0) is 37.5 Å². The number of rotatable bonds is 3. The van der Waals surface area contributed by atoms with Crippen LogP contribution in [0.25, 0.3) is 0 Å². The standard InChI is InChI=1S/C12H16N2O2/c1-9-4-5-13-11(7-9)12(15)14-8-10-3-2-6-16-10/h4-5,7,10H,2-3,6,8H2,1H3,(H,14,15). The van der Waals surface area contributed by atoms with Crippen molar-refractivity contribution in [3.05, 3.63) is 29.6 Å². The van der Waals surface area contributed by atoms with E-state index in [9.17, 15) is 4.79 Å². The van der Waals surface area contributed by atoms with Gasteiger partial charge in [-0.3, -0.25) is 9.78 Å². The molecule has 0 aromatic carbocycles. The van der Waals surface area contributed by atoms with Crippen molar-refractivity contribution in [1.82, 2.24) is 10.3 Å². The maximum Gasteiger partial charge on any atom is 0.269 e.